The van der Waals surface area contributed by atoms with Crippen molar-refractivity contribution >= 4 is 16.7 Å². The highest BCUT2D eigenvalue weighted by Crippen LogP contribution is 2.39. The summed E-state index contributed by atoms with van der Waals surface area (Å²) in [6, 6.07) is 8.41. The predicted molar refractivity (Wildman–Crippen MR) is 105 cm³/mol. The highest BCUT2D eigenvalue weighted by atomic mass is 16.7. The number of aromatic nitrogens is 1. The van der Waals surface area contributed by atoms with Gasteiger partial charge in [0.25, 0.3) is 5.56 Å². The van der Waals surface area contributed by atoms with E-state index in [2.05, 4.69) is 0 Å². The summed E-state index contributed by atoms with van der Waals surface area (Å²) in [7, 11) is 5.87. The molecule has 3 aromatic rings. The Hall–Kier alpha value is -3.68. The Labute approximate surface area is 166 Å². The fourth-order valence-corrected chi connectivity index (χ4v) is 3.53. The number of hydrogen-bond acceptors (Lipinski definition) is 7. The molecule has 0 fully saturated rings. The largest absolute Gasteiger partial charge is 0.493 e. The Morgan fingerprint density at radius 2 is 1.62 bits per heavy atom. The molecule has 2 heterocycles. The van der Waals surface area contributed by atoms with Crippen LogP contribution < -0.4 is 24.5 Å². The topological polar surface area (TPSA) is 85.2 Å². The van der Waals surface area contributed by atoms with Crippen LogP contribution in [0.4, 0.5) is 0 Å². The first-order valence-electron chi connectivity index (χ1n) is 8.77. The lowest BCUT2D eigenvalue weighted by Crippen LogP contribution is -2.23. The summed E-state index contributed by atoms with van der Waals surface area (Å²) in [5, 5.41) is 0.723. The third-order valence-electron chi connectivity index (χ3n) is 4.94. The SMILES string of the molecule is COC(=O)c1c(-c2ccc3c(c2)OCO3)n(C)c(=O)c2cc(OC)c(OC)cc12. The van der Waals surface area contributed by atoms with Gasteiger partial charge >= 0.3 is 5.97 Å². The molecular weight excluding hydrogens is 378 g/mol. The van der Waals surface area contributed by atoms with Crippen LogP contribution in [-0.4, -0.2) is 38.7 Å². The molecule has 1 aliphatic rings. The second-order valence-corrected chi connectivity index (χ2v) is 6.40. The van der Waals surface area contributed by atoms with Gasteiger partial charge in [-0.15, -0.1) is 0 Å². The number of hydrogen-bond donors (Lipinski definition) is 0. The van der Waals surface area contributed by atoms with Crippen LogP contribution in [0.15, 0.2) is 35.1 Å². The number of esters is 1. The van der Waals surface area contributed by atoms with Crippen LogP contribution in [0, 0.1) is 0 Å². The molecule has 0 atom stereocenters. The van der Waals surface area contributed by atoms with Gasteiger partial charge in [0.15, 0.2) is 23.0 Å². The number of pyridine rings is 1. The smallest absolute Gasteiger partial charge is 0.340 e. The average molecular weight is 397 g/mol. The highest BCUT2D eigenvalue weighted by Gasteiger charge is 2.25. The summed E-state index contributed by atoms with van der Waals surface area (Å²) >= 11 is 0. The Kier molecular flexibility index (Phi) is 4.54. The van der Waals surface area contributed by atoms with E-state index in [0.29, 0.717) is 45.0 Å². The van der Waals surface area contributed by atoms with Crippen LogP contribution in [0.5, 0.6) is 23.0 Å². The maximum absolute atomic E-state index is 13.1. The van der Waals surface area contributed by atoms with Crippen LogP contribution in [0.25, 0.3) is 22.0 Å². The predicted octanol–water partition coefficient (Wildman–Crippen LogP) is 2.74. The van der Waals surface area contributed by atoms with E-state index in [1.165, 1.54) is 25.9 Å². The van der Waals surface area contributed by atoms with Crippen molar-refractivity contribution in [2.45, 2.75) is 0 Å². The molecule has 8 nitrogen and oxygen atoms in total. The number of nitrogens with zero attached hydrogens (tertiary/aromatic N) is 1. The second-order valence-electron chi connectivity index (χ2n) is 6.40. The van der Waals surface area contributed by atoms with Gasteiger partial charge in [-0.25, -0.2) is 4.79 Å². The first-order valence-corrected chi connectivity index (χ1v) is 8.77. The molecule has 1 aliphatic heterocycles. The van der Waals surface area contributed by atoms with Crippen molar-refractivity contribution < 1.29 is 28.5 Å². The number of carbonyl (C=O) groups excluding carboxylic acids is 1. The minimum atomic E-state index is -0.578. The number of rotatable bonds is 4. The first kappa shape index (κ1) is 18.7. The minimum Gasteiger partial charge on any atom is -0.493 e. The third kappa shape index (κ3) is 2.84. The number of fused-ring (bicyclic) bond motifs is 2. The summed E-state index contributed by atoms with van der Waals surface area (Å²) in [6.45, 7) is 0.121. The second kappa shape index (κ2) is 7.05. The van der Waals surface area contributed by atoms with E-state index in [0.717, 1.165) is 0 Å². The molecule has 0 saturated carbocycles. The van der Waals surface area contributed by atoms with Gasteiger partial charge in [-0.2, -0.15) is 0 Å². The number of carbonyl (C=O) groups is 1. The number of methoxy groups -OCH3 is 3. The lowest BCUT2D eigenvalue weighted by molar-refractivity contribution is 0.0603. The van der Waals surface area contributed by atoms with E-state index >= 15 is 0 Å². The van der Waals surface area contributed by atoms with Gasteiger partial charge in [-0.3, -0.25) is 4.79 Å². The fourth-order valence-electron chi connectivity index (χ4n) is 3.53. The fraction of sp³-hybridized carbons (Fsp3) is 0.238. The zero-order valence-corrected chi connectivity index (χ0v) is 16.4. The normalized spacial score (nSPS) is 12.1. The average Bonchev–Trinajstić information content (AvgIpc) is 3.22. The van der Waals surface area contributed by atoms with E-state index in [1.54, 1.807) is 37.4 Å². The van der Waals surface area contributed by atoms with Gasteiger partial charge < -0.3 is 28.3 Å². The van der Waals surface area contributed by atoms with E-state index < -0.39 is 5.97 Å². The van der Waals surface area contributed by atoms with Crippen molar-refractivity contribution in [1.29, 1.82) is 0 Å². The molecule has 150 valence electrons. The van der Waals surface area contributed by atoms with Gasteiger partial charge in [0, 0.05) is 18.0 Å². The van der Waals surface area contributed by atoms with Gasteiger partial charge in [0.1, 0.15) is 0 Å². The minimum absolute atomic E-state index is 0.121. The molecule has 0 amide bonds. The summed E-state index contributed by atoms with van der Waals surface area (Å²) in [5.41, 5.74) is 0.969. The Balaban J connectivity index is 2.12. The summed E-state index contributed by atoms with van der Waals surface area (Å²) in [6.07, 6.45) is 0. The standard InChI is InChI=1S/C21H19NO7/c1-22-19(11-5-6-14-17(7-11)29-10-28-14)18(21(24)27-4)12-8-15(25-2)16(26-3)9-13(12)20(22)23/h5-9H,10H2,1-4H3. The van der Waals surface area contributed by atoms with Gasteiger partial charge in [-0.1, -0.05) is 0 Å². The van der Waals surface area contributed by atoms with Gasteiger partial charge in [0.05, 0.1) is 38.0 Å². The Morgan fingerprint density at radius 1 is 0.966 bits per heavy atom. The van der Waals surface area contributed by atoms with Crippen molar-refractivity contribution in [2.24, 2.45) is 7.05 Å². The van der Waals surface area contributed by atoms with Gasteiger partial charge in [0.2, 0.25) is 6.79 Å². The molecular formula is C21H19NO7. The Bertz CT molecular complexity index is 1200. The van der Waals surface area contributed by atoms with E-state index in [4.69, 9.17) is 23.7 Å². The van der Waals surface area contributed by atoms with Crippen LogP contribution in [-0.2, 0) is 11.8 Å². The first-order chi connectivity index (χ1) is 14.0. The lowest BCUT2D eigenvalue weighted by Gasteiger charge is -2.18. The summed E-state index contributed by atoms with van der Waals surface area (Å²) in [4.78, 5) is 26.0. The molecule has 0 spiro atoms. The van der Waals surface area contributed by atoms with Crippen LogP contribution in [0.1, 0.15) is 10.4 Å². The van der Waals surface area contributed by atoms with E-state index in [9.17, 15) is 9.59 Å². The lowest BCUT2D eigenvalue weighted by atomic mass is 9.98. The molecule has 0 saturated heterocycles. The van der Waals surface area contributed by atoms with Crippen LogP contribution in [0.3, 0.4) is 0 Å². The molecule has 0 unspecified atom stereocenters. The monoisotopic (exact) mass is 397 g/mol. The molecule has 4 rings (SSSR count). The zero-order chi connectivity index (χ0) is 20.7. The van der Waals surface area contributed by atoms with Crippen molar-refractivity contribution in [1.82, 2.24) is 4.57 Å². The highest BCUT2D eigenvalue weighted by molar-refractivity contribution is 6.10. The Morgan fingerprint density at radius 3 is 2.28 bits per heavy atom. The maximum atomic E-state index is 13.1. The third-order valence-corrected chi connectivity index (χ3v) is 4.94. The molecule has 0 N–H and O–H groups in total. The molecule has 29 heavy (non-hydrogen) atoms. The molecule has 2 aromatic carbocycles. The molecule has 8 heteroatoms. The number of benzene rings is 2. The van der Waals surface area contributed by atoms with Crippen LogP contribution in [0.2, 0.25) is 0 Å². The van der Waals surface area contributed by atoms with Crippen molar-refractivity contribution in [3.05, 3.63) is 46.2 Å². The summed E-state index contributed by atoms with van der Waals surface area (Å²) in [5.74, 6) is 1.35. The van der Waals surface area contributed by atoms with Crippen molar-refractivity contribution in [3.8, 4) is 34.3 Å². The van der Waals surface area contributed by atoms with E-state index in [-0.39, 0.29) is 17.9 Å². The van der Waals surface area contributed by atoms with Crippen molar-refractivity contribution in [3.63, 3.8) is 0 Å². The molecule has 0 radical (unpaired) electrons. The maximum Gasteiger partial charge on any atom is 0.340 e. The molecule has 0 aliphatic carbocycles. The molecule has 0 bridgehead atoms. The quantitative estimate of drug-likeness (QED) is 0.626. The zero-order valence-electron chi connectivity index (χ0n) is 16.4. The molecule has 1 aromatic heterocycles. The van der Waals surface area contributed by atoms with Gasteiger partial charge in [-0.05, 0) is 30.3 Å². The van der Waals surface area contributed by atoms with E-state index in [1.807, 2.05) is 0 Å². The van der Waals surface area contributed by atoms with Crippen molar-refractivity contribution in [2.75, 3.05) is 28.1 Å². The van der Waals surface area contributed by atoms with Crippen LogP contribution >= 0.6 is 0 Å². The number of ether oxygens (including phenoxy) is 5. The summed E-state index contributed by atoms with van der Waals surface area (Å²) < 4.78 is 27.9.